The Bertz CT molecular complexity index is 828. The number of nitrogens with zero attached hydrogens (tertiary/aromatic N) is 3. The lowest BCUT2D eigenvalue weighted by Gasteiger charge is -2.36. The predicted octanol–water partition coefficient (Wildman–Crippen LogP) is 2.36. The first-order valence-electron chi connectivity index (χ1n) is 10.4. The van der Waals surface area contributed by atoms with Crippen LogP contribution < -0.4 is 10.6 Å². The van der Waals surface area contributed by atoms with E-state index in [0.29, 0.717) is 32.1 Å². The molecule has 8 heteroatoms. The van der Waals surface area contributed by atoms with Gasteiger partial charge in [-0.05, 0) is 25.0 Å². The Morgan fingerprint density at radius 1 is 1.20 bits per heavy atom. The Kier molecular flexibility index (Phi) is 7.73. The third kappa shape index (κ3) is 6.00. The van der Waals surface area contributed by atoms with Crippen LogP contribution in [0.2, 0.25) is 0 Å². The van der Waals surface area contributed by atoms with Gasteiger partial charge in [0.05, 0.1) is 6.61 Å². The van der Waals surface area contributed by atoms with Crippen LogP contribution in [-0.4, -0.2) is 58.6 Å². The molecule has 1 aromatic heterocycles. The molecule has 2 unspecified atom stereocenters. The third-order valence-corrected chi connectivity index (χ3v) is 4.93. The van der Waals surface area contributed by atoms with Gasteiger partial charge in [0.25, 0.3) is 0 Å². The number of carbonyl (C=O) groups is 2. The van der Waals surface area contributed by atoms with E-state index in [4.69, 9.17) is 4.74 Å². The molecule has 1 saturated heterocycles. The van der Waals surface area contributed by atoms with Gasteiger partial charge in [0, 0.05) is 43.6 Å². The van der Waals surface area contributed by atoms with E-state index in [2.05, 4.69) is 20.6 Å². The lowest BCUT2D eigenvalue weighted by molar-refractivity contribution is -0.124. The molecule has 2 atom stereocenters. The maximum atomic E-state index is 12.7. The second kappa shape index (κ2) is 10.7. The normalized spacial score (nSPS) is 18.7. The zero-order chi connectivity index (χ0) is 21.3. The van der Waals surface area contributed by atoms with Crippen LogP contribution in [0.1, 0.15) is 32.3 Å². The number of rotatable bonds is 7. The minimum absolute atomic E-state index is 0.0124. The van der Waals surface area contributed by atoms with Gasteiger partial charge in [-0.1, -0.05) is 37.6 Å². The van der Waals surface area contributed by atoms with Gasteiger partial charge in [-0.25, -0.2) is 14.8 Å². The van der Waals surface area contributed by atoms with Crippen molar-refractivity contribution in [1.82, 2.24) is 25.5 Å². The number of benzene rings is 1. The molecule has 1 aromatic carbocycles. The average Bonchev–Trinajstić information content (AvgIpc) is 2.78. The molecule has 3 rings (SSSR count). The van der Waals surface area contributed by atoms with Crippen molar-refractivity contribution in [2.24, 2.45) is 0 Å². The van der Waals surface area contributed by atoms with E-state index in [9.17, 15) is 9.59 Å². The number of hydrogen-bond acceptors (Lipinski definition) is 6. The summed E-state index contributed by atoms with van der Waals surface area (Å²) in [5, 5.41) is 6.21. The molecular formula is C22H29N5O3. The molecule has 0 aliphatic carbocycles. The van der Waals surface area contributed by atoms with E-state index in [1.165, 1.54) is 0 Å². The molecule has 2 amide bonds. The standard InChI is InChI=1S/C22H29N5O3/c1-3-4-12-30-22(29)27-14-16(2)26-19(15-27)21(28)25-13-17-6-8-18(9-7-17)20-23-10-5-11-24-20/h5-11,16,19,26H,3-4,12-15H2,1-2H3,(H,25,28). The van der Waals surface area contributed by atoms with Crippen molar-refractivity contribution in [3.8, 4) is 11.4 Å². The van der Waals surface area contributed by atoms with Crippen LogP contribution in [0.3, 0.4) is 0 Å². The summed E-state index contributed by atoms with van der Waals surface area (Å²) in [6, 6.07) is 9.08. The maximum Gasteiger partial charge on any atom is 0.409 e. The smallest absolute Gasteiger partial charge is 0.409 e. The zero-order valence-electron chi connectivity index (χ0n) is 17.5. The number of piperazine rings is 1. The predicted molar refractivity (Wildman–Crippen MR) is 114 cm³/mol. The second-order valence-corrected chi connectivity index (χ2v) is 7.48. The van der Waals surface area contributed by atoms with Gasteiger partial charge in [-0.3, -0.25) is 4.79 Å². The number of unbranched alkanes of at least 4 members (excludes halogenated alkanes) is 1. The highest BCUT2D eigenvalue weighted by Crippen LogP contribution is 2.15. The molecule has 2 N–H and O–H groups in total. The molecule has 1 fully saturated rings. The topological polar surface area (TPSA) is 96.5 Å². The van der Waals surface area contributed by atoms with Gasteiger partial charge in [0.1, 0.15) is 6.04 Å². The van der Waals surface area contributed by atoms with Gasteiger partial charge in [0.15, 0.2) is 5.82 Å². The number of nitrogens with one attached hydrogen (secondary N) is 2. The summed E-state index contributed by atoms with van der Waals surface area (Å²) in [5.41, 5.74) is 1.90. The van der Waals surface area contributed by atoms with E-state index < -0.39 is 6.04 Å². The van der Waals surface area contributed by atoms with Crippen LogP contribution in [0.15, 0.2) is 42.7 Å². The molecule has 2 heterocycles. The number of hydrogen-bond donors (Lipinski definition) is 2. The highest BCUT2D eigenvalue weighted by Gasteiger charge is 2.32. The molecule has 0 bridgehead atoms. The Labute approximate surface area is 177 Å². The lowest BCUT2D eigenvalue weighted by Crippen LogP contribution is -2.61. The molecule has 0 spiro atoms. The fourth-order valence-corrected chi connectivity index (χ4v) is 3.31. The highest BCUT2D eigenvalue weighted by atomic mass is 16.6. The minimum atomic E-state index is -0.468. The van der Waals surface area contributed by atoms with Gasteiger partial charge >= 0.3 is 6.09 Å². The van der Waals surface area contributed by atoms with Crippen LogP contribution in [0.4, 0.5) is 4.79 Å². The molecular weight excluding hydrogens is 382 g/mol. The van der Waals surface area contributed by atoms with Crippen LogP contribution in [0, 0.1) is 0 Å². The number of carbonyl (C=O) groups excluding carboxylic acids is 2. The van der Waals surface area contributed by atoms with E-state index in [1.807, 2.05) is 38.1 Å². The van der Waals surface area contributed by atoms with Gasteiger partial charge in [0.2, 0.25) is 5.91 Å². The SMILES string of the molecule is CCCCOC(=O)N1CC(C)NC(C(=O)NCc2ccc(-c3ncccn3)cc2)C1. The minimum Gasteiger partial charge on any atom is -0.449 e. The van der Waals surface area contributed by atoms with E-state index in [-0.39, 0.29) is 18.0 Å². The Balaban J connectivity index is 1.51. The second-order valence-electron chi connectivity index (χ2n) is 7.48. The quantitative estimate of drug-likeness (QED) is 0.679. The molecule has 1 aliphatic heterocycles. The van der Waals surface area contributed by atoms with E-state index >= 15 is 0 Å². The van der Waals surface area contributed by atoms with Crippen LogP contribution >= 0.6 is 0 Å². The molecule has 8 nitrogen and oxygen atoms in total. The monoisotopic (exact) mass is 411 g/mol. The summed E-state index contributed by atoms with van der Waals surface area (Å²) in [4.78, 5) is 35.0. The molecule has 0 radical (unpaired) electrons. The van der Waals surface area contributed by atoms with Gasteiger partial charge in [-0.15, -0.1) is 0 Å². The van der Waals surface area contributed by atoms with Crippen molar-refractivity contribution in [2.45, 2.75) is 45.3 Å². The van der Waals surface area contributed by atoms with Crippen LogP contribution in [-0.2, 0) is 16.1 Å². The molecule has 1 aliphatic rings. The Morgan fingerprint density at radius 3 is 2.63 bits per heavy atom. The van der Waals surface area contributed by atoms with Crippen molar-refractivity contribution < 1.29 is 14.3 Å². The van der Waals surface area contributed by atoms with E-state index in [0.717, 1.165) is 24.0 Å². The van der Waals surface area contributed by atoms with Gasteiger partial charge in [-0.2, -0.15) is 0 Å². The molecule has 30 heavy (non-hydrogen) atoms. The largest absolute Gasteiger partial charge is 0.449 e. The first kappa shape index (κ1) is 21.7. The third-order valence-electron chi connectivity index (χ3n) is 4.93. The maximum absolute atomic E-state index is 12.7. The number of ether oxygens (including phenoxy) is 1. The lowest BCUT2D eigenvalue weighted by atomic mass is 10.1. The summed E-state index contributed by atoms with van der Waals surface area (Å²) < 4.78 is 5.29. The summed E-state index contributed by atoms with van der Waals surface area (Å²) in [6.45, 7) is 5.64. The first-order chi connectivity index (χ1) is 14.6. The molecule has 160 valence electrons. The zero-order valence-corrected chi connectivity index (χ0v) is 17.5. The molecule has 0 saturated carbocycles. The van der Waals surface area contributed by atoms with E-state index in [1.54, 1.807) is 23.4 Å². The Hall–Kier alpha value is -3.00. The summed E-state index contributed by atoms with van der Waals surface area (Å²) in [7, 11) is 0. The van der Waals surface area contributed by atoms with Crippen molar-refractivity contribution in [3.63, 3.8) is 0 Å². The highest BCUT2D eigenvalue weighted by molar-refractivity contribution is 5.83. The fourth-order valence-electron chi connectivity index (χ4n) is 3.31. The number of aromatic nitrogens is 2. The number of amides is 2. The van der Waals surface area contributed by atoms with Crippen molar-refractivity contribution in [1.29, 1.82) is 0 Å². The Morgan fingerprint density at radius 2 is 1.93 bits per heavy atom. The fraction of sp³-hybridized carbons (Fsp3) is 0.455. The van der Waals surface area contributed by atoms with Crippen molar-refractivity contribution in [3.05, 3.63) is 48.3 Å². The summed E-state index contributed by atoms with van der Waals surface area (Å²) >= 11 is 0. The van der Waals surface area contributed by atoms with Crippen molar-refractivity contribution >= 4 is 12.0 Å². The summed E-state index contributed by atoms with van der Waals surface area (Å²) in [6.07, 6.45) is 4.87. The van der Waals surface area contributed by atoms with Crippen LogP contribution in [0.5, 0.6) is 0 Å². The van der Waals surface area contributed by atoms with Gasteiger partial charge < -0.3 is 20.3 Å². The van der Waals surface area contributed by atoms with Crippen molar-refractivity contribution in [2.75, 3.05) is 19.7 Å². The first-order valence-corrected chi connectivity index (χ1v) is 10.4. The van der Waals surface area contributed by atoms with Crippen LogP contribution in [0.25, 0.3) is 11.4 Å². The summed E-state index contributed by atoms with van der Waals surface area (Å²) in [5.74, 6) is 0.530. The average molecular weight is 412 g/mol. The molecule has 2 aromatic rings.